The Morgan fingerprint density at radius 3 is 2.82 bits per heavy atom. The van der Waals surface area contributed by atoms with Crippen LogP contribution >= 0.6 is 11.6 Å². The normalized spacial score (nSPS) is 18.4. The third kappa shape index (κ3) is 2.48. The number of ether oxygens (including phenoxy) is 1. The molecule has 1 atom stereocenters. The van der Waals surface area contributed by atoms with Crippen LogP contribution in [0.4, 0.5) is 0 Å². The SMILES string of the molecule is CC(C)(C(=O)O)c1ccc2nc(CCl)n(CC3CCO3)c2c1. The minimum absolute atomic E-state index is 0.190. The lowest BCUT2D eigenvalue weighted by atomic mass is 9.84. The molecule has 5 nitrogen and oxygen atoms in total. The van der Waals surface area contributed by atoms with Crippen LogP contribution in [-0.2, 0) is 27.4 Å². The van der Waals surface area contributed by atoms with Crippen LogP contribution < -0.4 is 0 Å². The van der Waals surface area contributed by atoms with Crippen LogP contribution in [0.2, 0.25) is 0 Å². The molecule has 0 aliphatic carbocycles. The smallest absolute Gasteiger partial charge is 0.313 e. The van der Waals surface area contributed by atoms with E-state index in [1.165, 1.54) is 0 Å². The van der Waals surface area contributed by atoms with Gasteiger partial charge in [0.25, 0.3) is 0 Å². The van der Waals surface area contributed by atoms with Gasteiger partial charge in [0.2, 0.25) is 0 Å². The van der Waals surface area contributed by atoms with E-state index in [0.717, 1.165) is 35.4 Å². The molecule has 1 aliphatic heterocycles. The number of hydrogen-bond donors (Lipinski definition) is 1. The average Bonchev–Trinajstić information content (AvgIpc) is 2.79. The van der Waals surface area contributed by atoms with Gasteiger partial charge in [0.1, 0.15) is 5.82 Å². The molecule has 0 bridgehead atoms. The predicted molar refractivity (Wildman–Crippen MR) is 84.3 cm³/mol. The fourth-order valence-corrected chi connectivity index (χ4v) is 2.83. The van der Waals surface area contributed by atoms with Crippen molar-refractivity contribution in [1.29, 1.82) is 0 Å². The summed E-state index contributed by atoms with van der Waals surface area (Å²) in [4.78, 5) is 16.0. The molecule has 3 rings (SSSR count). The van der Waals surface area contributed by atoms with Crippen LogP contribution in [0, 0.1) is 0 Å². The quantitative estimate of drug-likeness (QED) is 0.860. The van der Waals surface area contributed by atoms with Crippen LogP contribution in [0.1, 0.15) is 31.7 Å². The number of benzene rings is 1. The monoisotopic (exact) mass is 322 g/mol. The summed E-state index contributed by atoms with van der Waals surface area (Å²) in [5, 5.41) is 9.42. The number of halogens is 1. The molecule has 1 saturated heterocycles. The minimum atomic E-state index is -0.947. The van der Waals surface area contributed by atoms with Crippen molar-refractivity contribution in [3.05, 3.63) is 29.6 Å². The zero-order valence-corrected chi connectivity index (χ0v) is 13.4. The molecule has 1 unspecified atom stereocenters. The first kappa shape index (κ1) is 15.3. The lowest BCUT2D eigenvalue weighted by Crippen LogP contribution is -2.32. The maximum absolute atomic E-state index is 11.5. The van der Waals surface area contributed by atoms with E-state index in [1.54, 1.807) is 13.8 Å². The summed E-state index contributed by atoms with van der Waals surface area (Å²) in [7, 11) is 0. The lowest BCUT2D eigenvalue weighted by Gasteiger charge is -2.27. The molecule has 0 spiro atoms. The summed E-state index contributed by atoms with van der Waals surface area (Å²) in [6.07, 6.45) is 1.22. The fraction of sp³-hybridized carbons (Fsp3) is 0.500. The minimum Gasteiger partial charge on any atom is -0.481 e. The van der Waals surface area contributed by atoms with Crippen LogP contribution in [0.25, 0.3) is 11.0 Å². The van der Waals surface area contributed by atoms with Gasteiger partial charge < -0.3 is 14.4 Å². The molecule has 1 aromatic carbocycles. The second-order valence-corrected chi connectivity index (χ2v) is 6.45. The number of aliphatic carboxylic acids is 1. The van der Waals surface area contributed by atoms with Crippen molar-refractivity contribution in [2.24, 2.45) is 0 Å². The van der Waals surface area contributed by atoms with Gasteiger partial charge >= 0.3 is 5.97 Å². The summed E-state index contributed by atoms with van der Waals surface area (Å²) in [6, 6.07) is 5.60. The average molecular weight is 323 g/mol. The van der Waals surface area contributed by atoms with Crippen LogP contribution in [0.5, 0.6) is 0 Å². The number of carbonyl (C=O) groups is 1. The second kappa shape index (κ2) is 5.56. The highest BCUT2D eigenvalue weighted by molar-refractivity contribution is 6.16. The van der Waals surface area contributed by atoms with E-state index in [4.69, 9.17) is 16.3 Å². The van der Waals surface area contributed by atoms with Gasteiger partial charge in [0.05, 0.1) is 35.0 Å². The van der Waals surface area contributed by atoms with E-state index in [1.807, 2.05) is 22.8 Å². The van der Waals surface area contributed by atoms with Gasteiger partial charge in [-0.1, -0.05) is 6.07 Å². The Balaban J connectivity index is 2.09. The molecular weight excluding hydrogens is 304 g/mol. The number of hydrogen-bond acceptors (Lipinski definition) is 3. The van der Waals surface area contributed by atoms with Gasteiger partial charge in [-0.05, 0) is 38.0 Å². The van der Waals surface area contributed by atoms with Gasteiger partial charge in [-0.3, -0.25) is 4.79 Å². The third-order valence-electron chi connectivity index (χ3n) is 4.38. The van der Waals surface area contributed by atoms with Gasteiger partial charge in [-0.15, -0.1) is 11.6 Å². The van der Waals surface area contributed by atoms with Gasteiger partial charge in [-0.2, -0.15) is 0 Å². The summed E-state index contributed by atoms with van der Waals surface area (Å²) in [5.41, 5.74) is 1.55. The Hall–Kier alpha value is -1.59. The topological polar surface area (TPSA) is 64.3 Å². The molecule has 2 aromatic rings. The molecule has 1 aliphatic rings. The van der Waals surface area contributed by atoms with Crippen LogP contribution in [0.3, 0.4) is 0 Å². The van der Waals surface area contributed by atoms with Crippen molar-refractivity contribution in [3.63, 3.8) is 0 Å². The molecule has 1 N–H and O–H groups in total. The number of imidazole rings is 1. The number of fused-ring (bicyclic) bond motifs is 1. The number of rotatable bonds is 5. The molecule has 0 saturated carbocycles. The van der Waals surface area contributed by atoms with E-state index in [2.05, 4.69) is 4.98 Å². The highest BCUT2D eigenvalue weighted by Gasteiger charge is 2.30. The van der Waals surface area contributed by atoms with Crippen molar-refractivity contribution >= 4 is 28.6 Å². The van der Waals surface area contributed by atoms with Crippen molar-refractivity contribution in [1.82, 2.24) is 9.55 Å². The molecule has 2 heterocycles. The predicted octanol–water partition coefficient (Wildman–Crippen LogP) is 2.93. The van der Waals surface area contributed by atoms with E-state index >= 15 is 0 Å². The lowest BCUT2D eigenvalue weighted by molar-refractivity contribution is -0.142. The highest BCUT2D eigenvalue weighted by Crippen LogP contribution is 2.29. The summed E-state index contributed by atoms with van der Waals surface area (Å²) in [6.45, 7) is 4.91. The van der Waals surface area contributed by atoms with Gasteiger partial charge in [-0.25, -0.2) is 4.98 Å². The molecule has 0 radical (unpaired) electrons. The number of alkyl halides is 1. The Kier molecular flexibility index (Phi) is 3.87. The summed E-state index contributed by atoms with van der Waals surface area (Å²) >= 11 is 6.01. The van der Waals surface area contributed by atoms with Crippen molar-refractivity contribution < 1.29 is 14.6 Å². The zero-order valence-electron chi connectivity index (χ0n) is 12.7. The van der Waals surface area contributed by atoms with E-state index in [-0.39, 0.29) is 6.10 Å². The standard InChI is InChI=1S/C16H19ClN2O3/c1-16(2,15(20)21)10-3-4-12-13(7-10)19(14(8-17)18-12)9-11-5-6-22-11/h3-4,7,11H,5-6,8-9H2,1-2H3,(H,20,21). The summed E-state index contributed by atoms with van der Waals surface area (Å²) < 4.78 is 7.55. The maximum atomic E-state index is 11.5. The Labute approximate surface area is 133 Å². The van der Waals surface area contributed by atoms with E-state index in [0.29, 0.717) is 12.4 Å². The summed E-state index contributed by atoms with van der Waals surface area (Å²) in [5.74, 6) is 0.259. The number of carboxylic acid groups (broad SMARTS) is 1. The number of carboxylic acids is 1. The van der Waals surface area contributed by atoms with E-state index in [9.17, 15) is 9.90 Å². The first-order valence-corrected chi connectivity index (χ1v) is 7.87. The fourth-order valence-electron chi connectivity index (χ4n) is 2.62. The molecule has 1 fully saturated rings. The van der Waals surface area contributed by atoms with Crippen molar-refractivity contribution in [3.8, 4) is 0 Å². The number of nitrogens with zero attached hydrogens (tertiary/aromatic N) is 2. The molecule has 22 heavy (non-hydrogen) atoms. The largest absolute Gasteiger partial charge is 0.481 e. The number of aromatic nitrogens is 2. The highest BCUT2D eigenvalue weighted by atomic mass is 35.5. The van der Waals surface area contributed by atoms with Gasteiger partial charge in [0, 0.05) is 6.61 Å². The van der Waals surface area contributed by atoms with Gasteiger partial charge in [0.15, 0.2) is 0 Å². The Morgan fingerprint density at radius 1 is 1.55 bits per heavy atom. The molecule has 6 heteroatoms. The molecule has 1 aromatic heterocycles. The first-order valence-electron chi connectivity index (χ1n) is 7.34. The molecular formula is C16H19ClN2O3. The second-order valence-electron chi connectivity index (χ2n) is 6.19. The molecule has 118 valence electrons. The van der Waals surface area contributed by atoms with Crippen LogP contribution in [-0.4, -0.2) is 33.3 Å². The Morgan fingerprint density at radius 2 is 2.27 bits per heavy atom. The maximum Gasteiger partial charge on any atom is 0.313 e. The third-order valence-corrected chi connectivity index (χ3v) is 4.62. The van der Waals surface area contributed by atoms with Crippen LogP contribution in [0.15, 0.2) is 18.2 Å². The molecule has 0 amide bonds. The zero-order chi connectivity index (χ0) is 15.9. The Bertz CT molecular complexity index is 719. The van der Waals surface area contributed by atoms with E-state index < -0.39 is 11.4 Å². The van der Waals surface area contributed by atoms with Crippen molar-refractivity contribution in [2.75, 3.05) is 6.61 Å². The first-order chi connectivity index (χ1) is 10.4. The van der Waals surface area contributed by atoms with Crippen molar-refractivity contribution in [2.45, 2.75) is 44.2 Å².